The number of rotatable bonds is 0. The minimum absolute atomic E-state index is 0.402. The van der Waals surface area contributed by atoms with Gasteiger partial charge in [-0.1, -0.05) is 6.92 Å². The van der Waals surface area contributed by atoms with E-state index < -0.39 is 0 Å². The Balaban J connectivity index is 2.23. The van der Waals surface area contributed by atoms with Crippen LogP contribution in [0, 0.1) is 5.92 Å². The first-order valence-electron chi connectivity index (χ1n) is 3.25. The molecule has 0 bridgehead atoms. The molecule has 1 fully saturated rings. The van der Waals surface area contributed by atoms with Crippen molar-refractivity contribution >= 4 is 0 Å². The highest BCUT2D eigenvalue weighted by Crippen LogP contribution is 2.06. The smallest absolute Gasteiger partial charge is 0.0168 e. The molecule has 48 valence electrons. The van der Waals surface area contributed by atoms with Gasteiger partial charge in [0, 0.05) is 12.6 Å². The fourth-order valence-corrected chi connectivity index (χ4v) is 1.20. The van der Waals surface area contributed by atoms with Crippen LogP contribution in [0.2, 0.25) is 0 Å². The Kier molecular flexibility index (Phi) is 1.86. The lowest BCUT2D eigenvalue weighted by molar-refractivity contribution is 0.364. The van der Waals surface area contributed by atoms with Crippen molar-refractivity contribution < 1.29 is 0 Å². The number of hydrogen-bond acceptors (Lipinski definition) is 2. The highest BCUT2D eigenvalue weighted by molar-refractivity contribution is 4.75. The zero-order valence-electron chi connectivity index (χ0n) is 5.35. The Morgan fingerprint density at radius 2 is 2.25 bits per heavy atom. The van der Waals surface area contributed by atoms with Crippen LogP contribution in [0.3, 0.4) is 0 Å². The molecule has 0 aromatic heterocycles. The van der Waals surface area contributed by atoms with Crippen molar-refractivity contribution in [3.63, 3.8) is 0 Å². The third kappa shape index (κ3) is 1.46. The summed E-state index contributed by atoms with van der Waals surface area (Å²) in [6.45, 7) is 4.38. The van der Waals surface area contributed by atoms with Gasteiger partial charge in [0.05, 0.1) is 0 Å². The molecule has 2 heteroatoms. The lowest BCUT2D eigenvalue weighted by atomic mass is 9.99. The maximum atomic E-state index is 5.66. The van der Waals surface area contributed by atoms with Crippen LogP contribution in [0.15, 0.2) is 0 Å². The van der Waals surface area contributed by atoms with Gasteiger partial charge in [-0.15, -0.1) is 0 Å². The molecule has 0 aromatic rings. The van der Waals surface area contributed by atoms with Gasteiger partial charge in [0.2, 0.25) is 0 Å². The third-order valence-electron chi connectivity index (χ3n) is 1.60. The zero-order chi connectivity index (χ0) is 5.98. The molecule has 1 aliphatic rings. The maximum absolute atomic E-state index is 5.66. The van der Waals surface area contributed by atoms with Gasteiger partial charge in [-0.3, -0.25) is 0 Å². The van der Waals surface area contributed by atoms with Crippen LogP contribution in [0.4, 0.5) is 0 Å². The summed E-state index contributed by atoms with van der Waals surface area (Å²) in [4.78, 5) is 0. The molecular formula is C6H14N2. The molecule has 0 unspecified atom stereocenters. The van der Waals surface area contributed by atoms with Crippen LogP contribution >= 0.6 is 0 Å². The monoisotopic (exact) mass is 114 g/mol. The quantitative estimate of drug-likeness (QED) is 0.463. The second-order valence-corrected chi connectivity index (χ2v) is 2.76. The molecule has 0 spiro atoms. The first-order chi connectivity index (χ1) is 3.79. The number of piperidine rings is 1. The summed E-state index contributed by atoms with van der Waals surface area (Å²) in [7, 11) is 0. The number of nitrogens with one attached hydrogen (secondary N) is 1. The van der Waals surface area contributed by atoms with E-state index in [1.54, 1.807) is 0 Å². The Hall–Kier alpha value is -0.0800. The van der Waals surface area contributed by atoms with E-state index in [1.165, 1.54) is 6.42 Å². The van der Waals surface area contributed by atoms with Crippen molar-refractivity contribution in [1.82, 2.24) is 5.32 Å². The molecule has 8 heavy (non-hydrogen) atoms. The van der Waals surface area contributed by atoms with Crippen molar-refractivity contribution in [2.45, 2.75) is 19.4 Å². The van der Waals surface area contributed by atoms with Crippen LogP contribution in [0.1, 0.15) is 13.3 Å². The van der Waals surface area contributed by atoms with Gasteiger partial charge < -0.3 is 11.1 Å². The van der Waals surface area contributed by atoms with Gasteiger partial charge >= 0.3 is 0 Å². The Labute approximate surface area is 50.4 Å². The van der Waals surface area contributed by atoms with Gasteiger partial charge in [0.1, 0.15) is 0 Å². The van der Waals surface area contributed by atoms with Gasteiger partial charge in [0.25, 0.3) is 0 Å². The van der Waals surface area contributed by atoms with Gasteiger partial charge in [-0.2, -0.15) is 0 Å². The summed E-state index contributed by atoms with van der Waals surface area (Å²) in [5.74, 6) is 0.777. The predicted octanol–water partition coefficient (Wildman–Crippen LogP) is -0.0569. The van der Waals surface area contributed by atoms with Gasteiger partial charge in [0.15, 0.2) is 0 Å². The highest BCUT2D eigenvalue weighted by Gasteiger charge is 2.13. The van der Waals surface area contributed by atoms with Gasteiger partial charge in [-0.05, 0) is 18.9 Å². The van der Waals surface area contributed by atoms with Crippen molar-refractivity contribution in [3.05, 3.63) is 0 Å². The average molecular weight is 114 g/mol. The molecule has 2 nitrogen and oxygen atoms in total. The van der Waals surface area contributed by atoms with Crippen LogP contribution in [-0.4, -0.2) is 19.1 Å². The zero-order valence-corrected chi connectivity index (χ0v) is 5.35. The van der Waals surface area contributed by atoms with Crippen LogP contribution < -0.4 is 11.1 Å². The molecular weight excluding hydrogens is 100 g/mol. The number of nitrogens with two attached hydrogens (primary N) is 1. The molecule has 1 aliphatic heterocycles. The fraction of sp³-hybridized carbons (Fsp3) is 1.00. The summed E-state index contributed by atoms with van der Waals surface area (Å²) in [5, 5.41) is 3.26. The van der Waals surface area contributed by atoms with E-state index in [1.807, 2.05) is 0 Å². The second kappa shape index (κ2) is 2.46. The van der Waals surface area contributed by atoms with Crippen LogP contribution in [0.5, 0.6) is 0 Å². The lowest BCUT2D eigenvalue weighted by Gasteiger charge is -2.24. The lowest BCUT2D eigenvalue weighted by Crippen LogP contribution is -2.43. The summed E-state index contributed by atoms with van der Waals surface area (Å²) < 4.78 is 0. The van der Waals surface area contributed by atoms with Gasteiger partial charge in [-0.25, -0.2) is 0 Å². The fourth-order valence-electron chi connectivity index (χ4n) is 1.20. The molecule has 1 heterocycles. The average Bonchev–Trinajstić information content (AvgIpc) is 1.64. The molecule has 3 N–H and O–H groups in total. The van der Waals surface area contributed by atoms with E-state index in [4.69, 9.17) is 5.73 Å². The van der Waals surface area contributed by atoms with E-state index in [9.17, 15) is 0 Å². The summed E-state index contributed by atoms with van der Waals surface area (Å²) >= 11 is 0. The van der Waals surface area contributed by atoms with E-state index in [0.717, 1.165) is 19.0 Å². The van der Waals surface area contributed by atoms with Crippen molar-refractivity contribution in [3.8, 4) is 0 Å². The highest BCUT2D eigenvalue weighted by atomic mass is 14.9. The minimum atomic E-state index is 0.402. The Bertz CT molecular complexity index is 64.9. The second-order valence-electron chi connectivity index (χ2n) is 2.76. The largest absolute Gasteiger partial charge is 0.327 e. The first kappa shape index (κ1) is 6.05. The SMILES string of the molecule is C[C@@H]1CNC[C@H](N)C1. The van der Waals surface area contributed by atoms with E-state index in [-0.39, 0.29) is 0 Å². The summed E-state index contributed by atoms with van der Waals surface area (Å²) in [6, 6.07) is 0.402. The van der Waals surface area contributed by atoms with E-state index in [0.29, 0.717) is 6.04 Å². The van der Waals surface area contributed by atoms with E-state index >= 15 is 0 Å². The van der Waals surface area contributed by atoms with Crippen molar-refractivity contribution in [2.75, 3.05) is 13.1 Å². The topological polar surface area (TPSA) is 38.0 Å². The normalized spacial score (nSPS) is 39.8. The third-order valence-corrected chi connectivity index (χ3v) is 1.60. The Morgan fingerprint density at radius 3 is 2.62 bits per heavy atom. The predicted molar refractivity (Wildman–Crippen MR) is 34.6 cm³/mol. The maximum Gasteiger partial charge on any atom is 0.0168 e. The van der Waals surface area contributed by atoms with E-state index in [2.05, 4.69) is 12.2 Å². The minimum Gasteiger partial charge on any atom is -0.327 e. The van der Waals surface area contributed by atoms with Crippen molar-refractivity contribution in [1.29, 1.82) is 0 Å². The van der Waals surface area contributed by atoms with Crippen LogP contribution in [0.25, 0.3) is 0 Å². The molecule has 1 saturated heterocycles. The standard InChI is InChI=1S/C6H14N2/c1-5-2-6(7)4-8-3-5/h5-6,8H,2-4,7H2,1H3/t5-,6+/m0/s1. The van der Waals surface area contributed by atoms with Crippen LogP contribution in [-0.2, 0) is 0 Å². The summed E-state index contributed by atoms with van der Waals surface area (Å²) in [5.41, 5.74) is 5.66. The summed E-state index contributed by atoms with van der Waals surface area (Å²) in [6.07, 6.45) is 1.19. The molecule has 1 rings (SSSR count). The molecule has 2 atom stereocenters. The van der Waals surface area contributed by atoms with Crippen molar-refractivity contribution in [2.24, 2.45) is 11.7 Å². The first-order valence-corrected chi connectivity index (χ1v) is 3.25. The Morgan fingerprint density at radius 1 is 1.50 bits per heavy atom. The molecule has 0 aromatic carbocycles. The molecule has 0 radical (unpaired) electrons. The molecule has 0 saturated carbocycles. The molecule has 0 aliphatic carbocycles. The number of hydrogen-bond donors (Lipinski definition) is 2. The molecule has 0 amide bonds.